The Hall–Kier alpha value is -0.740. The lowest BCUT2D eigenvalue weighted by molar-refractivity contribution is -0.196. The first-order chi connectivity index (χ1) is 16.4. The molecule has 0 saturated heterocycles. The summed E-state index contributed by atoms with van der Waals surface area (Å²) in [5, 5.41) is 2.78. The molecule has 0 aromatic rings. The fourth-order valence-corrected chi connectivity index (χ4v) is 3.54. The maximum atomic E-state index is 11.9. The first-order valence-electron chi connectivity index (χ1n) is 12.4. The molecular formula is C23H47NO9P-. The van der Waals surface area contributed by atoms with Gasteiger partial charge in [-0.3, -0.25) is 0 Å². The highest BCUT2D eigenvalue weighted by Crippen LogP contribution is 2.31. The minimum atomic E-state index is -3.57. The summed E-state index contributed by atoms with van der Waals surface area (Å²) in [6.07, 6.45) is 10.0. The van der Waals surface area contributed by atoms with Gasteiger partial charge in [0.2, 0.25) is 0 Å². The van der Waals surface area contributed by atoms with Crippen molar-refractivity contribution in [2.45, 2.75) is 70.3 Å². The summed E-state index contributed by atoms with van der Waals surface area (Å²) in [6, 6.07) is 0. The van der Waals surface area contributed by atoms with Gasteiger partial charge in [0.05, 0.1) is 39.6 Å². The average molecular weight is 513 g/mol. The van der Waals surface area contributed by atoms with Crippen molar-refractivity contribution in [1.29, 1.82) is 0 Å². The van der Waals surface area contributed by atoms with Crippen molar-refractivity contribution >= 4 is 13.7 Å². The highest BCUT2D eigenvalue weighted by molar-refractivity contribution is 7.50. The fraction of sp³-hybridized carbons (Fsp3) is 0.957. The number of amides is 1. The number of carbonyl (C=O) groups is 1. The molecule has 0 radical (unpaired) electrons. The molecule has 0 aliphatic heterocycles. The number of nitrogens with one attached hydrogen (secondary N) is 1. The molecule has 2 unspecified atom stereocenters. The predicted molar refractivity (Wildman–Crippen MR) is 129 cm³/mol. The number of hydrogen-bond acceptors (Lipinski definition) is 9. The maximum Gasteiger partial charge on any atom is 0.407 e. The number of ether oxygens (including phenoxy) is 5. The Morgan fingerprint density at radius 2 is 1.35 bits per heavy atom. The molecule has 0 heterocycles. The van der Waals surface area contributed by atoms with E-state index in [1.54, 1.807) is 14.2 Å². The van der Waals surface area contributed by atoms with Crippen molar-refractivity contribution in [1.82, 2.24) is 5.32 Å². The molecule has 0 aliphatic carbocycles. The highest BCUT2D eigenvalue weighted by atomic mass is 31.2. The predicted octanol–water partition coefficient (Wildman–Crippen LogP) is 3.51. The molecule has 0 spiro atoms. The summed E-state index contributed by atoms with van der Waals surface area (Å²) in [5.74, 6) is 0. The van der Waals surface area contributed by atoms with E-state index in [-0.39, 0.29) is 12.7 Å². The van der Waals surface area contributed by atoms with Gasteiger partial charge < -0.3 is 43.0 Å². The summed E-state index contributed by atoms with van der Waals surface area (Å²) in [4.78, 5) is 22.8. The van der Waals surface area contributed by atoms with Crippen LogP contribution in [0.15, 0.2) is 0 Å². The summed E-state index contributed by atoms with van der Waals surface area (Å²) in [6.45, 7) is 4.25. The second kappa shape index (κ2) is 24.0. The molecule has 0 fully saturated rings. The van der Waals surface area contributed by atoms with Crippen molar-refractivity contribution in [2.75, 3.05) is 73.7 Å². The molecule has 34 heavy (non-hydrogen) atoms. The number of rotatable bonds is 25. The lowest BCUT2D eigenvalue weighted by atomic mass is 10.1. The minimum Gasteiger partial charge on any atom is -0.779 e. The van der Waals surface area contributed by atoms with Crippen LogP contribution in [0.3, 0.4) is 0 Å². The molecule has 204 valence electrons. The van der Waals surface area contributed by atoms with Crippen molar-refractivity contribution in [3.63, 3.8) is 0 Å². The molecule has 0 aromatic heterocycles. The van der Waals surface area contributed by atoms with Gasteiger partial charge in [0.25, 0.3) is 0 Å². The van der Waals surface area contributed by atoms with Gasteiger partial charge >= 0.3 is 6.09 Å². The maximum absolute atomic E-state index is 11.9. The SMILES string of the molecule is COCCOCC(COC(=O)NCCCCCCCCCCCCOP(C)(=O)[O-])OCCOC. The Balaban J connectivity index is 3.57. The Morgan fingerprint density at radius 3 is 1.94 bits per heavy atom. The van der Waals surface area contributed by atoms with Gasteiger partial charge in [-0.1, -0.05) is 51.4 Å². The molecule has 0 rings (SSSR count). The number of unbranched alkanes of at least 4 members (excludes halogenated alkanes) is 9. The zero-order valence-electron chi connectivity index (χ0n) is 21.4. The summed E-state index contributed by atoms with van der Waals surface area (Å²) >= 11 is 0. The van der Waals surface area contributed by atoms with Crippen LogP contribution < -0.4 is 10.2 Å². The third-order valence-electron chi connectivity index (χ3n) is 4.94. The quantitative estimate of drug-likeness (QED) is 0.144. The van der Waals surface area contributed by atoms with Crippen LogP contribution in [0.4, 0.5) is 4.79 Å². The van der Waals surface area contributed by atoms with Crippen LogP contribution in [-0.4, -0.2) is 85.9 Å². The lowest BCUT2D eigenvalue weighted by Gasteiger charge is -2.18. The first-order valence-corrected chi connectivity index (χ1v) is 14.4. The minimum absolute atomic E-state index is 0.119. The fourth-order valence-electron chi connectivity index (χ4n) is 3.08. The van der Waals surface area contributed by atoms with Crippen LogP contribution in [-0.2, 0) is 32.8 Å². The molecular weight excluding hydrogens is 465 g/mol. The van der Waals surface area contributed by atoms with Crippen LogP contribution in [0, 0.1) is 0 Å². The zero-order chi connectivity index (χ0) is 25.3. The van der Waals surface area contributed by atoms with Gasteiger partial charge in [0, 0.05) is 27.4 Å². The Morgan fingerprint density at radius 1 is 0.794 bits per heavy atom. The summed E-state index contributed by atoms with van der Waals surface area (Å²) < 4.78 is 41.9. The van der Waals surface area contributed by atoms with Gasteiger partial charge in [-0.05, 0) is 12.8 Å². The molecule has 10 nitrogen and oxygen atoms in total. The van der Waals surface area contributed by atoms with Crippen LogP contribution in [0.2, 0.25) is 0 Å². The molecule has 0 saturated carbocycles. The highest BCUT2D eigenvalue weighted by Gasteiger charge is 2.13. The standard InChI is InChI=1S/C23H48NO9P/c1-28-16-18-30-20-22(31-19-17-29-2)21-32-23(25)24-14-12-10-8-6-4-5-7-9-11-13-15-33-34(3,26)27/h22H,4-21H2,1-3H3,(H,24,25)(H,26,27)/p-1. The molecule has 2 atom stereocenters. The lowest BCUT2D eigenvalue weighted by Crippen LogP contribution is -2.33. The van der Waals surface area contributed by atoms with E-state index in [0.717, 1.165) is 45.2 Å². The average Bonchev–Trinajstić information content (AvgIpc) is 2.79. The number of hydrogen-bond donors (Lipinski definition) is 1. The van der Waals surface area contributed by atoms with E-state index in [4.69, 9.17) is 28.2 Å². The van der Waals surface area contributed by atoms with Gasteiger partial charge in [-0.25, -0.2) is 4.79 Å². The van der Waals surface area contributed by atoms with Gasteiger partial charge in [0.1, 0.15) is 20.3 Å². The Bertz CT molecular complexity index is 505. The third kappa shape index (κ3) is 25.9. The van der Waals surface area contributed by atoms with Crippen LogP contribution in [0.5, 0.6) is 0 Å². The van der Waals surface area contributed by atoms with Crippen molar-refractivity contribution in [3.05, 3.63) is 0 Å². The molecule has 0 aliphatic rings. The smallest absolute Gasteiger partial charge is 0.407 e. The Labute approximate surface area is 205 Å². The summed E-state index contributed by atoms with van der Waals surface area (Å²) in [7, 11) is -0.361. The third-order valence-corrected chi connectivity index (χ3v) is 5.59. The first kappa shape index (κ1) is 33.3. The number of carbonyl (C=O) groups excluding carboxylic acids is 1. The zero-order valence-corrected chi connectivity index (χ0v) is 22.3. The van der Waals surface area contributed by atoms with E-state index < -0.39 is 13.7 Å². The van der Waals surface area contributed by atoms with Gasteiger partial charge in [0.15, 0.2) is 0 Å². The van der Waals surface area contributed by atoms with E-state index in [1.165, 1.54) is 25.7 Å². The Kier molecular flexibility index (Phi) is 23.5. The second-order valence-corrected chi connectivity index (χ2v) is 10.0. The van der Waals surface area contributed by atoms with Crippen molar-refractivity contribution < 1.29 is 42.5 Å². The number of alkyl carbamates (subject to hydrolysis) is 1. The monoisotopic (exact) mass is 512 g/mol. The van der Waals surface area contributed by atoms with E-state index in [0.29, 0.717) is 46.2 Å². The molecule has 1 amide bonds. The molecule has 11 heteroatoms. The number of methoxy groups -OCH3 is 2. The van der Waals surface area contributed by atoms with E-state index >= 15 is 0 Å². The topological polar surface area (TPSA) is 125 Å². The van der Waals surface area contributed by atoms with Crippen LogP contribution >= 0.6 is 7.60 Å². The van der Waals surface area contributed by atoms with Crippen molar-refractivity contribution in [2.24, 2.45) is 0 Å². The molecule has 0 bridgehead atoms. The largest absolute Gasteiger partial charge is 0.779 e. The molecule has 1 N–H and O–H groups in total. The van der Waals surface area contributed by atoms with Crippen molar-refractivity contribution in [3.8, 4) is 0 Å². The van der Waals surface area contributed by atoms with E-state index in [1.807, 2.05) is 0 Å². The van der Waals surface area contributed by atoms with E-state index in [9.17, 15) is 14.3 Å². The van der Waals surface area contributed by atoms with Gasteiger partial charge in [-0.2, -0.15) is 0 Å². The normalized spacial score (nSPS) is 14.0. The summed E-state index contributed by atoms with van der Waals surface area (Å²) in [5.41, 5.74) is 0. The van der Waals surface area contributed by atoms with E-state index in [2.05, 4.69) is 5.32 Å². The van der Waals surface area contributed by atoms with Crippen LogP contribution in [0.25, 0.3) is 0 Å². The van der Waals surface area contributed by atoms with Crippen LogP contribution in [0.1, 0.15) is 64.2 Å². The molecule has 0 aromatic carbocycles. The van der Waals surface area contributed by atoms with Gasteiger partial charge in [-0.15, -0.1) is 0 Å². The second-order valence-electron chi connectivity index (χ2n) is 8.22.